The fourth-order valence-corrected chi connectivity index (χ4v) is 1.23. The van der Waals surface area contributed by atoms with E-state index in [2.05, 4.69) is 0 Å². The van der Waals surface area contributed by atoms with E-state index in [0.717, 1.165) is 5.56 Å². The predicted octanol–water partition coefficient (Wildman–Crippen LogP) is 1.78. The SMILES string of the molecule is COc1ccc(C)cc1C(=O)CC=O. The van der Waals surface area contributed by atoms with Crippen molar-refractivity contribution in [2.45, 2.75) is 13.3 Å². The van der Waals surface area contributed by atoms with Gasteiger partial charge in [-0.2, -0.15) is 0 Å². The zero-order valence-electron chi connectivity index (χ0n) is 8.24. The summed E-state index contributed by atoms with van der Waals surface area (Å²) in [5, 5.41) is 0. The Morgan fingerprint density at radius 2 is 2.21 bits per heavy atom. The maximum Gasteiger partial charge on any atom is 0.173 e. The van der Waals surface area contributed by atoms with Crippen LogP contribution in [0, 0.1) is 6.92 Å². The molecule has 0 bridgehead atoms. The third kappa shape index (κ3) is 2.19. The van der Waals surface area contributed by atoms with E-state index >= 15 is 0 Å². The highest BCUT2D eigenvalue weighted by atomic mass is 16.5. The van der Waals surface area contributed by atoms with Gasteiger partial charge in [-0.05, 0) is 19.1 Å². The van der Waals surface area contributed by atoms with Crippen LogP contribution in [0.2, 0.25) is 0 Å². The van der Waals surface area contributed by atoms with Crippen LogP contribution in [0.25, 0.3) is 0 Å². The third-order valence-electron chi connectivity index (χ3n) is 1.92. The zero-order valence-corrected chi connectivity index (χ0v) is 8.24. The van der Waals surface area contributed by atoms with Crippen molar-refractivity contribution in [2.75, 3.05) is 7.11 Å². The van der Waals surface area contributed by atoms with E-state index in [9.17, 15) is 9.59 Å². The van der Waals surface area contributed by atoms with Crippen molar-refractivity contribution in [3.63, 3.8) is 0 Å². The van der Waals surface area contributed by atoms with Crippen LogP contribution in [0.15, 0.2) is 18.2 Å². The average Bonchev–Trinajstić information content (AvgIpc) is 2.18. The summed E-state index contributed by atoms with van der Waals surface area (Å²) in [6.07, 6.45) is 0.504. The molecule has 0 fully saturated rings. The average molecular weight is 192 g/mol. The van der Waals surface area contributed by atoms with Crippen LogP contribution in [0.5, 0.6) is 5.75 Å². The number of carbonyl (C=O) groups excluding carboxylic acids is 2. The number of hydrogen-bond acceptors (Lipinski definition) is 3. The molecule has 0 aromatic heterocycles. The molecular formula is C11H12O3. The Kier molecular flexibility index (Phi) is 3.40. The number of ketones is 1. The molecule has 0 atom stereocenters. The molecule has 14 heavy (non-hydrogen) atoms. The van der Waals surface area contributed by atoms with Crippen LogP contribution in [0.1, 0.15) is 22.3 Å². The van der Waals surface area contributed by atoms with Gasteiger partial charge in [0.2, 0.25) is 0 Å². The number of ether oxygens (including phenoxy) is 1. The first kappa shape index (κ1) is 10.4. The summed E-state index contributed by atoms with van der Waals surface area (Å²) >= 11 is 0. The molecule has 0 unspecified atom stereocenters. The monoisotopic (exact) mass is 192 g/mol. The van der Waals surface area contributed by atoms with Gasteiger partial charge in [-0.25, -0.2) is 0 Å². The van der Waals surface area contributed by atoms with Crippen LogP contribution in [-0.2, 0) is 4.79 Å². The van der Waals surface area contributed by atoms with Crippen molar-refractivity contribution in [1.29, 1.82) is 0 Å². The van der Waals surface area contributed by atoms with Gasteiger partial charge in [0, 0.05) is 0 Å². The summed E-state index contributed by atoms with van der Waals surface area (Å²) in [6, 6.07) is 5.31. The molecule has 0 aliphatic rings. The van der Waals surface area contributed by atoms with Crippen molar-refractivity contribution in [3.8, 4) is 5.75 Å². The van der Waals surface area contributed by atoms with Gasteiger partial charge in [0.15, 0.2) is 5.78 Å². The number of methoxy groups -OCH3 is 1. The van der Waals surface area contributed by atoms with E-state index in [1.54, 1.807) is 12.1 Å². The molecule has 0 radical (unpaired) electrons. The molecule has 0 saturated carbocycles. The standard InChI is InChI=1S/C11H12O3/c1-8-3-4-11(14-2)9(7-8)10(13)5-6-12/h3-4,6-7H,5H2,1-2H3. The van der Waals surface area contributed by atoms with E-state index < -0.39 is 0 Å². The number of Topliss-reactive ketones (excluding diaryl/α,β-unsaturated/α-hetero) is 1. The van der Waals surface area contributed by atoms with Crippen LogP contribution in [-0.4, -0.2) is 19.2 Å². The van der Waals surface area contributed by atoms with Crippen molar-refractivity contribution in [1.82, 2.24) is 0 Å². The molecule has 74 valence electrons. The first-order valence-electron chi connectivity index (χ1n) is 4.30. The quantitative estimate of drug-likeness (QED) is 0.415. The Balaban J connectivity index is 3.09. The first-order valence-corrected chi connectivity index (χ1v) is 4.30. The second-order valence-electron chi connectivity index (χ2n) is 3.00. The molecular weight excluding hydrogens is 180 g/mol. The summed E-state index contributed by atoms with van der Waals surface area (Å²) in [5.74, 6) is 0.308. The van der Waals surface area contributed by atoms with Gasteiger partial charge in [0.1, 0.15) is 12.0 Å². The molecule has 0 amide bonds. The van der Waals surface area contributed by atoms with Gasteiger partial charge in [0.05, 0.1) is 19.1 Å². The fraction of sp³-hybridized carbons (Fsp3) is 0.273. The smallest absolute Gasteiger partial charge is 0.173 e. The van der Waals surface area contributed by atoms with Gasteiger partial charge < -0.3 is 9.53 Å². The Morgan fingerprint density at radius 3 is 2.79 bits per heavy atom. The molecule has 3 heteroatoms. The molecule has 0 heterocycles. The van der Waals surface area contributed by atoms with Crippen molar-refractivity contribution < 1.29 is 14.3 Å². The normalized spacial score (nSPS) is 9.57. The van der Waals surface area contributed by atoms with E-state index in [1.165, 1.54) is 7.11 Å². The summed E-state index contributed by atoms with van der Waals surface area (Å²) in [4.78, 5) is 21.7. The molecule has 0 N–H and O–H groups in total. The number of hydrogen-bond donors (Lipinski definition) is 0. The van der Waals surface area contributed by atoms with E-state index in [0.29, 0.717) is 17.6 Å². The minimum atomic E-state index is -0.208. The second kappa shape index (κ2) is 4.56. The largest absolute Gasteiger partial charge is 0.496 e. The highest BCUT2D eigenvalue weighted by Gasteiger charge is 2.11. The molecule has 0 saturated heterocycles. The fourth-order valence-electron chi connectivity index (χ4n) is 1.23. The van der Waals surface area contributed by atoms with Gasteiger partial charge in [-0.15, -0.1) is 0 Å². The van der Waals surface area contributed by atoms with Crippen molar-refractivity contribution in [2.24, 2.45) is 0 Å². The summed E-state index contributed by atoms with van der Waals surface area (Å²) in [7, 11) is 1.50. The van der Waals surface area contributed by atoms with E-state index in [1.807, 2.05) is 13.0 Å². The molecule has 1 rings (SSSR count). The van der Waals surface area contributed by atoms with Gasteiger partial charge >= 0.3 is 0 Å². The number of aryl methyl sites for hydroxylation is 1. The lowest BCUT2D eigenvalue weighted by atomic mass is 10.1. The number of carbonyl (C=O) groups is 2. The molecule has 0 aliphatic heterocycles. The van der Waals surface area contributed by atoms with Crippen LogP contribution in [0.4, 0.5) is 0 Å². The zero-order chi connectivity index (χ0) is 10.6. The van der Waals surface area contributed by atoms with Crippen LogP contribution < -0.4 is 4.74 Å². The maximum absolute atomic E-state index is 11.5. The highest BCUT2D eigenvalue weighted by molar-refractivity contribution is 6.04. The van der Waals surface area contributed by atoms with Crippen molar-refractivity contribution >= 4 is 12.1 Å². The molecule has 0 spiro atoms. The Labute approximate surface area is 82.7 Å². The lowest BCUT2D eigenvalue weighted by Gasteiger charge is -2.06. The Morgan fingerprint density at radius 1 is 1.50 bits per heavy atom. The second-order valence-corrected chi connectivity index (χ2v) is 3.00. The van der Waals surface area contributed by atoms with Crippen molar-refractivity contribution in [3.05, 3.63) is 29.3 Å². The highest BCUT2D eigenvalue weighted by Crippen LogP contribution is 2.20. The first-order chi connectivity index (χ1) is 6.69. The lowest BCUT2D eigenvalue weighted by molar-refractivity contribution is -0.107. The molecule has 1 aromatic carbocycles. The molecule has 1 aromatic rings. The minimum Gasteiger partial charge on any atom is -0.496 e. The topological polar surface area (TPSA) is 43.4 Å². The van der Waals surface area contributed by atoms with E-state index in [4.69, 9.17) is 4.74 Å². The summed E-state index contributed by atoms with van der Waals surface area (Å²) < 4.78 is 5.03. The summed E-state index contributed by atoms with van der Waals surface area (Å²) in [5.41, 5.74) is 1.44. The number of benzene rings is 1. The number of aldehydes is 1. The van der Waals surface area contributed by atoms with Gasteiger partial charge in [-0.1, -0.05) is 11.6 Å². The maximum atomic E-state index is 11.5. The Hall–Kier alpha value is -1.64. The van der Waals surface area contributed by atoms with Gasteiger partial charge in [0.25, 0.3) is 0 Å². The third-order valence-corrected chi connectivity index (χ3v) is 1.92. The Bertz CT molecular complexity index is 356. The summed E-state index contributed by atoms with van der Waals surface area (Å²) in [6.45, 7) is 1.89. The molecule has 3 nitrogen and oxygen atoms in total. The van der Waals surface area contributed by atoms with Crippen LogP contribution in [0.3, 0.4) is 0 Å². The molecule has 0 aliphatic carbocycles. The van der Waals surface area contributed by atoms with E-state index in [-0.39, 0.29) is 12.2 Å². The lowest BCUT2D eigenvalue weighted by Crippen LogP contribution is -2.03. The number of rotatable bonds is 4. The predicted molar refractivity (Wildman–Crippen MR) is 52.7 cm³/mol. The van der Waals surface area contributed by atoms with Crippen LogP contribution >= 0.6 is 0 Å². The minimum absolute atomic E-state index is 0.0974. The van der Waals surface area contributed by atoms with Gasteiger partial charge in [-0.3, -0.25) is 4.79 Å².